The van der Waals surface area contributed by atoms with Gasteiger partial charge < -0.3 is 15.3 Å². The van der Waals surface area contributed by atoms with Crippen LogP contribution in [-0.2, 0) is 11.0 Å². The Morgan fingerprint density at radius 1 is 1.40 bits per heavy atom. The summed E-state index contributed by atoms with van der Waals surface area (Å²) in [4.78, 5) is 26.2. The molecule has 9 heteroatoms. The smallest absolute Gasteiger partial charge is 0.433 e. The highest BCUT2D eigenvalue weighted by Crippen LogP contribution is 2.27. The summed E-state index contributed by atoms with van der Waals surface area (Å²) in [6.07, 6.45) is -3.89. The summed E-state index contributed by atoms with van der Waals surface area (Å²) in [7, 11) is 1.37. The lowest BCUT2D eigenvalue weighted by molar-refractivity contribution is -0.141. The first-order valence-corrected chi connectivity index (χ1v) is 5.47. The quantitative estimate of drug-likeness (QED) is 0.889. The van der Waals surface area contributed by atoms with Crippen molar-refractivity contribution < 1.29 is 27.9 Å². The van der Waals surface area contributed by atoms with Crippen molar-refractivity contribution in [3.8, 4) is 0 Å². The highest BCUT2D eigenvalue weighted by Gasteiger charge is 2.32. The van der Waals surface area contributed by atoms with E-state index in [2.05, 4.69) is 10.3 Å². The number of aliphatic carboxylic acids is 1. The summed E-state index contributed by atoms with van der Waals surface area (Å²) >= 11 is 0. The third-order valence-corrected chi connectivity index (χ3v) is 2.31. The molecule has 0 atom stereocenters. The molecule has 2 amide bonds. The van der Waals surface area contributed by atoms with E-state index in [0.29, 0.717) is 0 Å². The molecule has 0 unspecified atom stereocenters. The fourth-order valence-corrected chi connectivity index (χ4v) is 1.22. The molecule has 1 rings (SSSR count). The summed E-state index contributed by atoms with van der Waals surface area (Å²) in [5.74, 6) is -1.05. The van der Waals surface area contributed by atoms with Gasteiger partial charge >= 0.3 is 18.2 Å². The monoisotopic (exact) mass is 291 g/mol. The van der Waals surface area contributed by atoms with E-state index in [-0.39, 0.29) is 18.7 Å². The van der Waals surface area contributed by atoms with E-state index in [0.717, 1.165) is 23.2 Å². The Balaban J connectivity index is 2.60. The molecule has 1 heterocycles. The Labute approximate surface area is 112 Å². The number of pyridine rings is 1. The van der Waals surface area contributed by atoms with Crippen molar-refractivity contribution in [1.82, 2.24) is 9.88 Å². The predicted octanol–water partition coefficient (Wildman–Crippen LogP) is 2.04. The van der Waals surface area contributed by atoms with Gasteiger partial charge in [-0.1, -0.05) is 0 Å². The number of hydrogen-bond donors (Lipinski definition) is 2. The minimum atomic E-state index is -4.54. The maximum Gasteiger partial charge on any atom is 0.433 e. The molecule has 6 nitrogen and oxygen atoms in total. The largest absolute Gasteiger partial charge is 0.481 e. The molecular formula is C11H12F3N3O3. The maximum atomic E-state index is 12.3. The van der Waals surface area contributed by atoms with Crippen molar-refractivity contribution in [2.75, 3.05) is 18.9 Å². The van der Waals surface area contributed by atoms with Crippen LogP contribution in [0.2, 0.25) is 0 Å². The number of anilines is 1. The van der Waals surface area contributed by atoms with E-state index in [1.807, 2.05) is 0 Å². The average molecular weight is 291 g/mol. The number of nitrogens with one attached hydrogen (secondary N) is 1. The first-order chi connectivity index (χ1) is 9.20. The first kappa shape index (κ1) is 15.7. The van der Waals surface area contributed by atoms with Crippen LogP contribution in [0.5, 0.6) is 0 Å². The van der Waals surface area contributed by atoms with Crippen LogP contribution in [0, 0.1) is 0 Å². The van der Waals surface area contributed by atoms with Crippen molar-refractivity contribution in [2.24, 2.45) is 0 Å². The SMILES string of the molecule is CN(CCC(=O)O)C(=O)Nc1ccc(C(F)(F)F)nc1. The third kappa shape index (κ3) is 4.75. The minimum absolute atomic E-state index is 0.0186. The summed E-state index contributed by atoms with van der Waals surface area (Å²) in [5.41, 5.74) is -0.972. The van der Waals surface area contributed by atoms with Crippen molar-refractivity contribution in [3.63, 3.8) is 0 Å². The number of carboxylic acid groups (broad SMARTS) is 1. The predicted molar refractivity (Wildman–Crippen MR) is 63.1 cm³/mol. The number of urea groups is 1. The van der Waals surface area contributed by atoms with Gasteiger partial charge in [0.1, 0.15) is 5.69 Å². The zero-order valence-electron chi connectivity index (χ0n) is 10.4. The summed E-state index contributed by atoms with van der Waals surface area (Å²) in [6.45, 7) is -0.0186. The number of rotatable bonds is 4. The maximum absolute atomic E-state index is 12.3. The Kier molecular flexibility index (Phi) is 4.89. The van der Waals surface area contributed by atoms with Crippen molar-refractivity contribution in [2.45, 2.75) is 12.6 Å². The van der Waals surface area contributed by atoms with Gasteiger partial charge in [0.25, 0.3) is 0 Å². The lowest BCUT2D eigenvalue weighted by Crippen LogP contribution is -2.33. The van der Waals surface area contributed by atoms with Gasteiger partial charge in [-0.25, -0.2) is 9.78 Å². The number of aromatic nitrogens is 1. The second kappa shape index (κ2) is 6.22. The molecule has 0 saturated carbocycles. The first-order valence-electron chi connectivity index (χ1n) is 5.47. The number of halogens is 3. The molecule has 110 valence electrons. The van der Waals surface area contributed by atoms with Crippen LogP contribution < -0.4 is 5.32 Å². The van der Waals surface area contributed by atoms with E-state index in [1.54, 1.807) is 0 Å². The summed E-state index contributed by atoms with van der Waals surface area (Å²) in [5, 5.41) is 10.8. The third-order valence-electron chi connectivity index (χ3n) is 2.31. The molecule has 20 heavy (non-hydrogen) atoms. The Morgan fingerprint density at radius 3 is 2.50 bits per heavy atom. The van der Waals surface area contributed by atoms with Crippen LogP contribution in [0.4, 0.5) is 23.7 Å². The molecule has 0 aliphatic heterocycles. The molecular weight excluding hydrogens is 279 g/mol. The summed E-state index contributed by atoms with van der Waals surface area (Å²) in [6, 6.07) is 1.18. The van der Waals surface area contributed by atoms with Gasteiger partial charge in [0.2, 0.25) is 0 Å². The minimum Gasteiger partial charge on any atom is -0.481 e. The molecule has 0 fully saturated rings. The number of nitrogens with zero attached hydrogens (tertiary/aromatic N) is 2. The fourth-order valence-electron chi connectivity index (χ4n) is 1.22. The zero-order chi connectivity index (χ0) is 15.3. The Hall–Kier alpha value is -2.32. The number of alkyl halides is 3. The van der Waals surface area contributed by atoms with Gasteiger partial charge in [0, 0.05) is 13.6 Å². The lowest BCUT2D eigenvalue weighted by atomic mass is 10.3. The normalized spacial score (nSPS) is 11.0. The van der Waals surface area contributed by atoms with Crippen molar-refractivity contribution in [1.29, 1.82) is 0 Å². The molecule has 0 aliphatic carbocycles. The molecule has 0 aromatic carbocycles. The summed E-state index contributed by atoms with van der Waals surface area (Å²) < 4.78 is 36.8. The van der Waals surface area contributed by atoms with Crippen LogP contribution in [0.15, 0.2) is 18.3 Å². The molecule has 0 aliphatic rings. The number of hydrogen-bond acceptors (Lipinski definition) is 3. The molecule has 0 saturated heterocycles. The van der Waals surface area contributed by atoms with E-state index < -0.39 is 23.9 Å². The fraction of sp³-hybridized carbons (Fsp3) is 0.364. The van der Waals surface area contributed by atoms with E-state index in [9.17, 15) is 22.8 Å². The molecule has 1 aromatic heterocycles. The number of carbonyl (C=O) groups is 2. The molecule has 1 aromatic rings. The van der Waals surface area contributed by atoms with Gasteiger partial charge in [-0.3, -0.25) is 4.79 Å². The van der Waals surface area contributed by atoms with E-state index in [4.69, 9.17) is 5.11 Å². The number of carbonyl (C=O) groups excluding carboxylic acids is 1. The van der Waals surface area contributed by atoms with Gasteiger partial charge in [-0.2, -0.15) is 13.2 Å². The van der Waals surface area contributed by atoms with Crippen LogP contribution in [0.3, 0.4) is 0 Å². The van der Waals surface area contributed by atoms with Gasteiger partial charge in [0.15, 0.2) is 0 Å². The Bertz CT molecular complexity index is 488. The van der Waals surface area contributed by atoms with Crippen LogP contribution >= 0.6 is 0 Å². The Morgan fingerprint density at radius 2 is 2.05 bits per heavy atom. The van der Waals surface area contributed by atoms with Gasteiger partial charge in [0.05, 0.1) is 18.3 Å². The van der Waals surface area contributed by atoms with Crippen molar-refractivity contribution >= 4 is 17.7 Å². The zero-order valence-corrected chi connectivity index (χ0v) is 10.4. The molecule has 0 radical (unpaired) electrons. The van der Waals surface area contributed by atoms with Crippen LogP contribution in [0.1, 0.15) is 12.1 Å². The van der Waals surface area contributed by atoms with Crippen LogP contribution in [-0.4, -0.2) is 40.6 Å². The molecule has 0 spiro atoms. The standard InChI is InChI=1S/C11H12F3N3O3/c1-17(5-4-9(18)19)10(20)16-7-2-3-8(15-6-7)11(12,13)14/h2-3,6H,4-5H2,1H3,(H,16,20)(H,18,19). The van der Waals surface area contributed by atoms with E-state index >= 15 is 0 Å². The second-order valence-electron chi connectivity index (χ2n) is 3.93. The highest BCUT2D eigenvalue weighted by molar-refractivity contribution is 5.89. The average Bonchev–Trinajstić information content (AvgIpc) is 2.35. The lowest BCUT2D eigenvalue weighted by Gasteiger charge is -2.16. The van der Waals surface area contributed by atoms with Crippen molar-refractivity contribution in [3.05, 3.63) is 24.0 Å². The van der Waals surface area contributed by atoms with E-state index in [1.165, 1.54) is 7.05 Å². The second-order valence-corrected chi connectivity index (χ2v) is 3.93. The van der Waals surface area contributed by atoms with Gasteiger partial charge in [-0.15, -0.1) is 0 Å². The van der Waals surface area contributed by atoms with Crippen LogP contribution in [0.25, 0.3) is 0 Å². The number of carboxylic acids is 1. The highest BCUT2D eigenvalue weighted by atomic mass is 19.4. The topological polar surface area (TPSA) is 82.5 Å². The molecule has 0 bridgehead atoms. The molecule has 2 N–H and O–H groups in total. The number of amides is 2. The van der Waals surface area contributed by atoms with Gasteiger partial charge in [-0.05, 0) is 12.1 Å².